The first kappa shape index (κ1) is 19.1. The van der Waals surface area contributed by atoms with Crippen molar-refractivity contribution in [1.29, 1.82) is 0 Å². The first-order valence-corrected chi connectivity index (χ1v) is 5.04. The van der Waals surface area contributed by atoms with Gasteiger partial charge in [-0.1, -0.05) is 0 Å². The minimum absolute atomic E-state index is 0. The average Bonchev–Trinajstić information content (AvgIpc) is 1.85. The Morgan fingerprint density at radius 2 is 1.31 bits per heavy atom. The van der Waals surface area contributed by atoms with Crippen LogP contribution in [0.1, 0.15) is 15.3 Å². The van der Waals surface area contributed by atoms with Gasteiger partial charge in [0.25, 0.3) is 0 Å². The van der Waals surface area contributed by atoms with Crippen molar-refractivity contribution in [2.75, 3.05) is 27.2 Å². The van der Waals surface area contributed by atoms with Gasteiger partial charge in [-0.3, -0.25) is 9.11 Å². The van der Waals surface area contributed by atoms with E-state index in [1.54, 1.807) is 0 Å². The van der Waals surface area contributed by atoms with Gasteiger partial charge in [-0.25, -0.2) is 0 Å². The van der Waals surface area contributed by atoms with Gasteiger partial charge in [0.2, 0.25) is 0 Å². The van der Waals surface area contributed by atoms with Gasteiger partial charge in [0.15, 0.2) is 0 Å². The van der Waals surface area contributed by atoms with Crippen molar-refractivity contribution in [3.05, 3.63) is 0 Å². The molecule has 0 unspecified atom stereocenters. The van der Waals surface area contributed by atoms with Crippen molar-refractivity contribution in [3.63, 3.8) is 0 Å². The zero-order chi connectivity index (χ0) is 10.4. The SMILES string of the molecule is CC[N+](C)(C)CC.O=S(=O)(O)O.[H-].[Li+]. The smallest absolute Gasteiger partial charge is 1.00 e. The summed E-state index contributed by atoms with van der Waals surface area (Å²) in [6, 6.07) is 0. The zero-order valence-electron chi connectivity index (χ0n) is 9.98. The molecule has 0 saturated carbocycles. The largest absolute Gasteiger partial charge is 1.00 e. The number of nitrogens with zero attached hydrogens (tertiary/aromatic N) is 1. The fourth-order valence-corrected chi connectivity index (χ4v) is 0.224. The second kappa shape index (κ2) is 7.80. The van der Waals surface area contributed by atoms with Gasteiger partial charge in [-0.15, -0.1) is 0 Å². The maximum atomic E-state index is 8.74. The third-order valence-electron chi connectivity index (χ3n) is 1.71. The maximum absolute atomic E-state index is 8.74. The van der Waals surface area contributed by atoms with Crippen molar-refractivity contribution in [1.82, 2.24) is 0 Å². The van der Waals surface area contributed by atoms with Gasteiger partial charge in [0.1, 0.15) is 0 Å². The Bertz CT molecular complexity index is 194. The van der Waals surface area contributed by atoms with Crippen molar-refractivity contribution in [2.45, 2.75) is 13.8 Å². The summed E-state index contributed by atoms with van der Waals surface area (Å²) < 4.78 is 32.7. The van der Waals surface area contributed by atoms with Crippen molar-refractivity contribution >= 4 is 10.4 Å². The van der Waals surface area contributed by atoms with Gasteiger partial charge < -0.3 is 5.91 Å². The molecule has 0 saturated heterocycles. The molecule has 0 fully saturated rings. The molecule has 0 rings (SSSR count). The van der Waals surface area contributed by atoms with Crippen LogP contribution in [0.4, 0.5) is 0 Å². The van der Waals surface area contributed by atoms with E-state index in [-0.39, 0.29) is 20.3 Å². The molecule has 0 heterocycles. The summed E-state index contributed by atoms with van der Waals surface area (Å²) in [6.07, 6.45) is 0. The van der Waals surface area contributed by atoms with Crippen LogP contribution in [0.2, 0.25) is 0 Å². The number of hydrogen-bond donors (Lipinski definition) is 2. The van der Waals surface area contributed by atoms with Crippen LogP contribution in [-0.4, -0.2) is 49.2 Å². The van der Waals surface area contributed by atoms with E-state index >= 15 is 0 Å². The molecular formula is C6H19LiNO4S+. The molecule has 0 spiro atoms. The Morgan fingerprint density at radius 1 is 1.15 bits per heavy atom. The molecule has 0 amide bonds. The van der Waals surface area contributed by atoms with E-state index in [4.69, 9.17) is 17.5 Å². The Hall–Kier alpha value is 0.427. The van der Waals surface area contributed by atoms with Crippen LogP contribution >= 0.6 is 0 Å². The first-order valence-electron chi connectivity index (χ1n) is 3.64. The predicted molar refractivity (Wildman–Crippen MR) is 48.5 cm³/mol. The Morgan fingerprint density at radius 3 is 1.31 bits per heavy atom. The second-order valence-corrected chi connectivity index (χ2v) is 3.91. The molecule has 78 valence electrons. The van der Waals surface area contributed by atoms with Crippen LogP contribution in [0.25, 0.3) is 0 Å². The van der Waals surface area contributed by atoms with Crippen LogP contribution in [0.3, 0.4) is 0 Å². The summed E-state index contributed by atoms with van der Waals surface area (Å²) in [5.41, 5.74) is 0. The van der Waals surface area contributed by atoms with E-state index in [0.717, 1.165) is 4.48 Å². The molecule has 0 aromatic rings. The molecule has 13 heavy (non-hydrogen) atoms. The van der Waals surface area contributed by atoms with Crippen LogP contribution in [0.15, 0.2) is 0 Å². The molecule has 5 nitrogen and oxygen atoms in total. The molecule has 0 bridgehead atoms. The fourth-order valence-electron chi connectivity index (χ4n) is 0.224. The normalized spacial score (nSPS) is 10.9. The third kappa shape index (κ3) is 32.7. The zero-order valence-corrected chi connectivity index (χ0v) is 9.80. The quantitative estimate of drug-likeness (QED) is 0.300. The van der Waals surface area contributed by atoms with Crippen molar-refractivity contribution in [3.8, 4) is 0 Å². The van der Waals surface area contributed by atoms with Crippen LogP contribution < -0.4 is 18.9 Å². The minimum Gasteiger partial charge on any atom is -1.00 e. The molecule has 2 N–H and O–H groups in total. The van der Waals surface area contributed by atoms with Crippen molar-refractivity contribution < 1.29 is 42.3 Å². The van der Waals surface area contributed by atoms with Crippen LogP contribution in [0.5, 0.6) is 0 Å². The summed E-state index contributed by atoms with van der Waals surface area (Å²) in [7, 11) is -0.194. The second-order valence-electron chi connectivity index (χ2n) is 3.02. The fraction of sp³-hybridized carbons (Fsp3) is 1.00. The first-order chi connectivity index (χ1) is 5.12. The Labute approximate surface area is 94.0 Å². The molecule has 0 aliphatic carbocycles. The molecule has 0 aliphatic rings. The Balaban J connectivity index is -0.0000000651. The topological polar surface area (TPSA) is 74.6 Å². The minimum atomic E-state index is -4.67. The van der Waals surface area contributed by atoms with E-state index in [1.165, 1.54) is 13.1 Å². The molecule has 0 aromatic carbocycles. The Kier molecular flexibility index (Phi) is 11.4. The van der Waals surface area contributed by atoms with Gasteiger partial charge >= 0.3 is 29.3 Å². The van der Waals surface area contributed by atoms with Gasteiger partial charge in [0.05, 0.1) is 27.2 Å². The summed E-state index contributed by atoms with van der Waals surface area (Å²) in [5.74, 6) is 0. The van der Waals surface area contributed by atoms with E-state index in [1.807, 2.05) is 0 Å². The van der Waals surface area contributed by atoms with Crippen molar-refractivity contribution in [2.24, 2.45) is 0 Å². The molecule has 0 radical (unpaired) electrons. The molecular weight excluding hydrogens is 189 g/mol. The average molecular weight is 208 g/mol. The van der Waals surface area contributed by atoms with Crippen LogP contribution in [0, 0.1) is 0 Å². The summed E-state index contributed by atoms with van der Waals surface area (Å²) >= 11 is 0. The van der Waals surface area contributed by atoms with E-state index in [0.29, 0.717) is 0 Å². The van der Waals surface area contributed by atoms with Gasteiger partial charge in [0, 0.05) is 0 Å². The summed E-state index contributed by atoms with van der Waals surface area (Å²) in [4.78, 5) is 0. The number of quaternary nitrogens is 1. The van der Waals surface area contributed by atoms with E-state index in [2.05, 4.69) is 27.9 Å². The predicted octanol–water partition coefficient (Wildman–Crippen LogP) is -2.43. The summed E-state index contributed by atoms with van der Waals surface area (Å²) in [6.45, 7) is 6.89. The van der Waals surface area contributed by atoms with E-state index < -0.39 is 10.4 Å². The molecule has 0 atom stereocenters. The monoisotopic (exact) mass is 208 g/mol. The van der Waals surface area contributed by atoms with Crippen LogP contribution in [-0.2, 0) is 10.4 Å². The summed E-state index contributed by atoms with van der Waals surface area (Å²) in [5, 5.41) is 0. The van der Waals surface area contributed by atoms with Gasteiger partial charge in [-0.2, -0.15) is 8.42 Å². The molecule has 0 aromatic heterocycles. The van der Waals surface area contributed by atoms with Gasteiger partial charge in [-0.05, 0) is 13.8 Å². The standard InChI is InChI=1S/C6H16N.Li.H2O4S.H/c1-5-7(3,4)6-2;;1-5(2,3)4;/h5-6H2,1-4H3;;(H2,1,2,3,4);/q2*+1;;-1. The van der Waals surface area contributed by atoms with E-state index in [9.17, 15) is 0 Å². The number of rotatable bonds is 2. The third-order valence-corrected chi connectivity index (χ3v) is 1.71. The number of hydrogen-bond acceptors (Lipinski definition) is 2. The molecule has 7 heteroatoms. The molecule has 0 aliphatic heterocycles. The maximum Gasteiger partial charge on any atom is 1.00 e.